The van der Waals surface area contributed by atoms with E-state index in [4.69, 9.17) is 0 Å². The SMILES string of the molecule is BC(=O)CCSC1CC(=O)N(CCCCCC(=O)NCCPC)C1=O. The van der Waals surface area contributed by atoms with Crippen molar-refractivity contribution >= 4 is 51.6 Å². The van der Waals surface area contributed by atoms with Crippen LogP contribution in [0.15, 0.2) is 0 Å². The van der Waals surface area contributed by atoms with Crippen LogP contribution in [0.1, 0.15) is 38.5 Å². The fraction of sp³-hybridized carbons (Fsp3) is 0.750. The fourth-order valence-corrected chi connectivity index (χ4v) is 4.11. The van der Waals surface area contributed by atoms with Crippen LogP contribution in [0.25, 0.3) is 0 Å². The van der Waals surface area contributed by atoms with Crippen LogP contribution in [0, 0.1) is 0 Å². The monoisotopic (exact) mass is 386 g/mol. The summed E-state index contributed by atoms with van der Waals surface area (Å²) in [5.41, 5.74) is 0.0975. The van der Waals surface area contributed by atoms with E-state index in [0.717, 1.165) is 40.5 Å². The molecule has 3 amide bonds. The van der Waals surface area contributed by atoms with E-state index < -0.39 is 0 Å². The summed E-state index contributed by atoms with van der Waals surface area (Å²) in [6.07, 6.45) is 4.52. The number of nitrogens with zero attached hydrogens (tertiary/aromatic N) is 1. The minimum atomic E-state index is -0.336. The highest BCUT2D eigenvalue weighted by Gasteiger charge is 2.38. The van der Waals surface area contributed by atoms with E-state index in [1.165, 1.54) is 24.5 Å². The highest BCUT2D eigenvalue weighted by molar-refractivity contribution is 8.00. The third-order valence-corrected chi connectivity index (χ3v) is 5.92. The Hall–Kier alpha value is -0.875. The van der Waals surface area contributed by atoms with Crippen LogP contribution in [0.5, 0.6) is 0 Å². The predicted molar refractivity (Wildman–Crippen MR) is 106 cm³/mol. The highest BCUT2D eigenvalue weighted by atomic mass is 32.2. The van der Waals surface area contributed by atoms with Gasteiger partial charge in [-0.25, -0.2) is 0 Å². The summed E-state index contributed by atoms with van der Waals surface area (Å²) in [5.74, 6) is 0.411. The molecule has 0 bridgehead atoms. The first-order chi connectivity index (χ1) is 12.0. The van der Waals surface area contributed by atoms with E-state index in [1.807, 2.05) is 0 Å². The van der Waals surface area contributed by atoms with Crippen LogP contribution in [0.4, 0.5) is 0 Å². The molecular weight excluding hydrogens is 358 g/mol. The van der Waals surface area contributed by atoms with Crippen LogP contribution in [0.2, 0.25) is 0 Å². The van der Waals surface area contributed by atoms with E-state index in [1.54, 1.807) is 0 Å². The standard InChI is InChI=1S/C16H28BN2O4PS/c1-24-9-7-18-14(21)5-3-2-4-8-19-15(22)11-12(16(19)23)25-10-6-13(17)20/h12,24H,2-11,17H2,1H3,(H,18,21). The van der Waals surface area contributed by atoms with Crippen molar-refractivity contribution in [1.29, 1.82) is 0 Å². The molecular formula is C16H28BN2O4PS. The lowest BCUT2D eigenvalue weighted by Gasteiger charge is -2.14. The number of hydrogen-bond donors (Lipinski definition) is 1. The maximum Gasteiger partial charge on any atom is 0.242 e. The number of nitrogens with one attached hydrogen (secondary N) is 1. The molecule has 140 valence electrons. The summed E-state index contributed by atoms with van der Waals surface area (Å²) in [6, 6.07) is 0. The molecule has 0 aromatic rings. The zero-order valence-corrected chi connectivity index (χ0v) is 17.0. The Morgan fingerprint density at radius 1 is 1.28 bits per heavy atom. The van der Waals surface area contributed by atoms with Gasteiger partial charge >= 0.3 is 0 Å². The zero-order chi connectivity index (χ0) is 18.7. The zero-order valence-electron chi connectivity index (χ0n) is 15.1. The van der Waals surface area contributed by atoms with Gasteiger partial charge in [0, 0.05) is 38.1 Å². The van der Waals surface area contributed by atoms with Crippen molar-refractivity contribution in [3.63, 3.8) is 0 Å². The normalized spacial score (nSPS) is 17.6. The predicted octanol–water partition coefficient (Wildman–Crippen LogP) is 0.382. The van der Waals surface area contributed by atoms with E-state index in [9.17, 15) is 19.2 Å². The quantitative estimate of drug-likeness (QED) is 0.214. The molecule has 9 heteroatoms. The number of carbonyl (C=O) groups excluding carboxylic acids is 4. The molecule has 1 heterocycles. The lowest BCUT2D eigenvalue weighted by Crippen LogP contribution is -2.32. The molecule has 2 unspecified atom stereocenters. The van der Waals surface area contributed by atoms with Gasteiger partial charge in [-0.3, -0.25) is 19.3 Å². The number of imide groups is 1. The number of hydrogen-bond acceptors (Lipinski definition) is 5. The van der Waals surface area contributed by atoms with Crippen molar-refractivity contribution in [2.24, 2.45) is 0 Å². The maximum absolute atomic E-state index is 12.2. The molecule has 1 aliphatic heterocycles. The van der Waals surface area contributed by atoms with Gasteiger partial charge in [0.1, 0.15) is 0 Å². The van der Waals surface area contributed by atoms with Crippen LogP contribution in [-0.2, 0) is 19.2 Å². The molecule has 1 saturated heterocycles. The lowest BCUT2D eigenvalue weighted by molar-refractivity contribution is -0.138. The van der Waals surface area contributed by atoms with Gasteiger partial charge < -0.3 is 10.1 Å². The summed E-state index contributed by atoms with van der Waals surface area (Å²) in [7, 11) is 2.38. The summed E-state index contributed by atoms with van der Waals surface area (Å²) in [4.78, 5) is 48.1. The molecule has 1 fully saturated rings. The van der Waals surface area contributed by atoms with Crippen molar-refractivity contribution in [3.05, 3.63) is 0 Å². The molecule has 1 aliphatic rings. The summed E-state index contributed by atoms with van der Waals surface area (Å²) >= 11 is 1.40. The van der Waals surface area contributed by atoms with Crippen molar-refractivity contribution < 1.29 is 19.2 Å². The molecule has 25 heavy (non-hydrogen) atoms. The first-order valence-electron chi connectivity index (χ1n) is 8.82. The van der Waals surface area contributed by atoms with Gasteiger partial charge in [0.2, 0.25) is 17.7 Å². The van der Waals surface area contributed by atoms with Crippen LogP contribution in [-0.4, -0.2) is 73.1 Å². The second-order valence-electron chi connectivity index (χ2n) is 6.16. The minimum absolute atomic E-state index is 0.0773. The van der Waals surface area contributed by atoms with Gasteiger partial charge in [0.05, 0.1) is 10.9 Å². The van der Waals surface area contributed by atoms with E-state index in [2.05, 4.69) is 12.0 Å². The number of amides is 3. The van der Waals surface area contributed by atoms with Crippen molar-refractivity contribution in [3.8, 4) is 0 Å². The Labute approximate surface area is 156 Å². The number of rotatable bonds is 13. The molecule has 0 saturated carbocycles. The van der Waals surface area contributed by atoms with Crippen LogP contribution in [0.3, 0.4) is 0 Å². The molecule has 0 radical (unpaired) electrons. The summed E-state index contributed by atoms with van der Waals surface area (Å²) < 4.78 is 0. The Balaban J connectivity index is 2.17. The van der Waals surface area contributed by atoms with Gasteiger partial charge in [0.25, 0.3) is 0 Å². The van der Waals surface area contributed by atoms with Gasteiger partial charge in [0.15, 0.2) is 7.85 Å². The minimum Gasteiger partial charge on any atom is -0.356 e. The first kappa shape index (κ1) is 22.2. The number of thioether (sulfide) groups is 1. The Kier molecular flexibility index (Phi) is 11.1. The third kappa shape index (κ3) is 8.86. The van der Waals surface area contributed by atoms with Crippen molar-refractivity contribution in [2.75, 3.05) is 31.7 Å². The Bertz CT molecular complexity index is 493. The average molecular weight is 386 g/mol. The molecule has 0 aromatic heterocycles. The van der Waals surface area contributed by atoms with Crippen LogP contribution < -0.4 is 5.32 Å². The van der Waals surface area contributed by atoms with Gasteiger partial charge in [-0.15, -0.1) is 20.3 Å². The topological polar surface area (TPSA) is 83.6 Å². The van der Waals surface area contributed by atoms with Gasteiger partial charge in [-0.05, 0) is 25.7 Å². The Morgan fingerprint density at radius 3 is 2.72 bits per heavy atom. The second-order valence-corrected chi connectivity index (χ2v) is 8.68. The van der Waals surface area contributed by atoms with Crippen molar-refractivity contribution in [1.82, 2.24) is 10.2 Å². The maximum atomic E-state index is 12.2. The fourth-order valence-electron chi connectivity index (χ4n) is 2.51. The molecule has 1 rings (SSSR count). The molecule has 0 spiro atoms. The lowest BCUT2D eigenvalue weighted by atomic mass is 10.0. The van der Waals surface area contributed by atoms with Gasteiger partial charge in [-0.1, -0.05) is 6.42 Å². The van der Waals surface area contributed by atoms with E-state index in [-0.39, 0.29) is 35.1 Å². The average Bonchev–Trinajstić information content (AvgIpc) is 2.82. The van der Waals surface area contributed by atoms with E-state index in [0.29, 0.717) is 25.1 Å². The van der Waals surface area contributed by atoms with Crippen LogP contribution >= 0.6 is 20.3 Å². The summed E-state index contributed by atoms with van der Waals surface area (Å²) in [6.45, 7) is 3.28. The third-order valence-electron chi connectivity index (χ3n) is 3.96. The highest BCUT2D eigenvalue weighted by Crippen LogP contribution is 2.26. The Morgan fingerprint density at radius 2 is 2.04 bits per heavy atom. The smallest absolute Gasteiger partial charge is 0.242 e. The number of likely N-dealkylation sites (tertiary alicyclic amines) is 1. The van der Waals surface area contributed by atoms with Gasteiger partial charge in [-0.2, -0.15) is 0 Å². The molecule has 0 aliphatic carbocycles. The molecule has 2 atom stereocenters. The number of carbonyl (C=O) groups is 4. The second kappa shape index (κ2) is 12.5. The first-order valence-corrected chi connectivity index (χ1v) is 11.6. The molecule has 6 nitrogen and oxygen atoms in total. The molecule has 1 N–H and O–H groups in total. The molecule has 0 aromatic carbocycles. The van der Waals surface area contributed by atoms with E-state index >= 15 is 0 Å². The number of unbranched alkanes of at least 4 members (excludes halogenated alkanes) is 2. The van der Waals surface area contributed by atoms with Crippen molar-refractivity contribution in [2.45, 2.75) is 43.8 Å². The largest absolute Gasteiger partial charge is 0.356 e. The summed E-state index contributed by atoms with van der Waals surface area (Å²) in [5, 5.41) is 2.55.